The lowest BCUT2D eigenvalue weighted by atomic mass is 10.0. The van der Waals surface area contributed by atoms with Crippen molar-refractivity contribution in [1.29, 1.82) is 0 Å². The number of ether oxygens (including phenoxy) is 2. The van der Waals surface area contributed by atoms with Crippen LogP contribution in [0.2, 0.25) is 0 Å². The van der Waals surface area contributed by atoms with E-state index in [2.05, 4.69) is 26.8 Å². The largest absolute Gasteiger partial charge is 0.391 e. The fraction of sp³-hybridized carbons (Fsp3) is 0.914. The number of amides is 1. The average molecular weight is 582 g/mol. The van der Waals surface area contributed by atoms with E-state index in [4.69, 9.17) is 9.47 Å². The number of hydrogen-bond donors (Lipinski definition) is 2. The summed E-state index contributed by atoms with van der Waals surface area (Å²) in [6.07, 6.45) is 26.3. The SMILES string of the molecule is CCCCCCCCCC[C@H](O)COCCOC[C@@H](O)CCCCCCCCCCCCC1=CC(C)(C)N(C)C1=O. The van der Waals surface area contributed by atoms with Gasteiger partial charge in [-0.1, -0.05) is 122 Å². The second-order valence-corrected chi connectivity index (χ2v) is 13.0. The van der Waals surface area contributed by atoms with Gasteiger partial charge in [0.1, 0.15) is 0 Å². The third-order valence-electron chi connectivity index (χ3n) is 8.59. The van der Waals surface area contributed by atoms with Crippen molar-refractivity contribution in [3.63, 3.8) is 0 Å². The van der Waals surface area contributed by atoms with Crippen molar-refractivity contribution >= 4 is 5.91 Å². The number of carbonyl (C=O) groups excluding carboxylic acids is 1. The zero-order chi connectivity index (χ0) is 30.2. The summed E-state index contributed by atoms with van der Waals surface area (Å²) < 4.78 is 11.1. The molecule has 0 unspecified atom stereocenters. The Hall–Kier alpha value is -0.950. The summed E-state index contributed by atoms with van der Waals surface area (Å²) >= 11 is 0. The summed E-state index contributed by atoms with van der Waals surface area (Å²) in [6, 6.07) is 0. The van der Waals surface area contributed by atoms with Crippen molar-refractivity contribution in [2.45, 2.75) is 173 Å². The number of unbranched alkanes of at least 4 members (excludes halogenated alkanes) is 16. The number of likely N-dealkylation sites (N-methyl/N-ethyl adjacent to an activating group) is 1. The molecule has 2 atom stereocenters. The number of nitrogens with zero attached hydrogens (tertiary/aromatic N) is 1. The van der Waals surface area contributed by atoms with E-state index in [0.29, 0.717) is 26.4 Å². The smallest absolute Gasteiger partial charge is 0.249 e. The van der Waals surface area contributed by atoms with Gasteiger partial charge in [-0.3, -0.25) is 4.79 Å². The van der Waals surface area contributed by atoms with E-state index in [1.807, 2.05) is 11.9 Å². The highest BCUT2D eigenvalue weighted by molar-refractivity contribution is 5.96. The van der Waals surface area contributed by atoms with Gasteiger partial charge in [0, 0.05) is 12.6 Å². The first-order valence-corrected chi connectivity index (χ1v) is 17.3. The average Bonchev–Trinajstić information content (AvgIpc) is 3.14. The summed E-state index contributed by atoms with van der Waals surface area (Å²) in [5, 5.41) is 20.2. The predicted molar refractivity (Wildman–Crippen MR) is 171 cm³/mol. The molecule has 1 aliphatic rings. The minimum Gasteiger partial charge on any atom is -0.391 e. The fourth-order valence-corrected chi connectivity index (χ4v) is 5.59. The van der Waals surface area contributed by atoms with Crippen LogP contribution in [0.3, 0.4) is 0 Å². The van der Waals surface area contributed by atoms with Crippen LogP contribution in [0.1, 0.15) is 156 Å². The zero-order valence-electron chi connectivity index (χ0n) is 27.5. The van der Waals surface area contributed by atoms with Crippen LogP contribution in [0.5, 0.6) is 0 Å². The minimum absolute atomic E-state index is 0.134. The lowest BCUT2D eigenvalue weighted by Crippen LogP contribution is -2.38. The summed E-state index contributed by atoms with van der Waals surface area (Å²) in [5.41, 5.74) is 0.865. The highest BCUT2D eigenvalue weighted by atomic mass is 16.5. The molecule has 6 nitrogen and oxygen atoms in total. The standard InChI is InChI=1S/C35H67NO5/c1-5-6-7-8-9-15-18-21-24-32(37)29-40-26-27-41-30-33(38)25-22-19-16-13-11-10-12-14-17-20-23-31-28-35(2,3)36(4)34(31)39/h28,32-33,37-38H,5-27,29-30H2,1-4H3/t32-,33-/m0/s1. The lowest BCUT2D eigenvalue weighted by Gasteiger charge is -2.26. The van der Waals surface area contributed by atoms with Crippen LogP contribution < -0.4 is 0 Å². The molecule has 0 radical (unpaired) electrons. The van der Waals surface area contributed by atoms with Crippen LogP contribution in [-0.2, 0) is 14.3 Å². The molecule has 6 heteroatoms. The Balaban J connectivity index is 1.79. The quantitative estimate of drug-likeness (QED) is 0.0872. The lowest BCUT2D eigenvalue weighted by molar-refractivity contribution is -0.127. The normalized spacial score (nSPS) is 16.4. The van der Waals surface area contributed by atoms with Crippen LogP contribution in [0.25, 0.3) is 0 Å². The molecule has 0 spiro atoms. The van der Waals surface area contributed by atoms with E-state index in [9.17, 15) is 15.0 Å². The maximum atomic E-state index is 12.3. The van der Waals surface area contributed by atoms with E-state index in [-0.39, 0.29) is 17.6 Å². The van der Waals surface area contributed by atoms with E-state index in [1.54, 1.807) is 0 Å². The van der Waals surface area contributed by atoms with Gasteiger partial charge in [-0.15, -0.1) is 0 Å². The number of aliphatic hydroxyl groups is 2. The van der Waals surface area contributed by atoms with Crippen molar-refractivity contribution in [3.05, 3.63) is 11.6 Å². The second-order valence-electron chi connectivity index (χ2n) is 13.0. The third-order valence-corrected chi connectivity index (χ3v) is 8.59. The third kappa shape index (κ3) is 19.8. The number of rotatable bonds is 29. The van der Waals surface area contributed by atoms with Gasteiger partial charge in [0.15, 0.2) is 0 Å². The first kappa shape index (κ1) is 38.1. The van der Waals surface area contributed by atoms with Crippen molar-refractivity contribution in [2.75, 3.05) is 33.5 Å². The molecule has 1 rings (SSSR count). The first-order chi connectivity index (χ1) is 19.8. The molecule has 0 aromatic carbocycles. The Morgan fingerprint density at radius 1 is 0.683 bits per heavy atom. The molecule has 1 amide bonds. The topological polar surface area (TPSA) is 79.2 Å². The Morgan fingerprint density at radius 2 is 1.07 bits per heavy atom. The molecule has 0 aliphatic carbocycles. The van der Waals surface area contributed by atoms with Crippen LogP contribution in [0, 0.1) is 0 Å². The molecular weight excluding hydrogens is 514 g/mol. The maximum Gasteiger partial charge on any atom is 0.249 e. The highest BCUT2D eigenvalue weighted by Crippen LogP contribution is 2.29. The fourth-order valence-electron chi connectivity index (χ4n) is 5.59. The summed E-state index contributed by atoms with van der Waals surface area (Å²) in [5.74, 6) is 0.205. The number of hydrogen-bond acceptors (Lipinski definition) is 5. The molecule has 0 aromatic rings. The van der Waals surface area contributed by atoms with Gasteiger partial charge in [-0.2, -0.15) is 0 Å². The molecule has 242 valence electrons. The molecule has 1 heterocycles. The monoisotopic (exact) mass is 582 g/mol. The Kier molecular flexibility index (Phi) is 22.7. The van der Waals surface area contributed by atoms with Gasteiger partial charge >= 0.3 is 0 Å². The molecule has 41 heavy (non-hydrogen) atoms. The van der Waals surface area contributed by atoms with Crippen LogP contribution in [0.4, 0.5) is 0 Å². The number of carbonyl (C=O) groups is 1. The maximum absolute atomic E-state index is 12.3. The number of aliphatic hydroxyl groups excluding tert-OH is 2. The van der Waals surface area contributed by atoms with E-state index >= 15 is 0 Å². The van der Waals surface area contributed by atoms with Gasteiger partial charge in [0.05, 0.1) is 44.2 Å². The Labute approximate surface area is 253 Å². The van der Waals surface area contributed by atoms with Crippen molar-refractivity contribution in [1.82, 2.24) is 4.90 Å². The molecule has 2 N–H and O–H groups in total. The molecule has 0 bridgehead atoms. The van der Waals surface area contributed by atoms with Gasteiger partial charge in [0.25, 0.3) is 0 Å². The van der Waals surface area contributed by atoms with Crippen LogP contribution in [0.15, 0.2) is 11.6 Å². The van der Waals surface area contributed by atoms with Crippen molar-refractivity contribution < 1.29 is 24.5 Å². The molecule has 0 aromatic heterocycles. The summed E-state index contributed by atoms with van der Waals surface area (Å²) in [7, 11) is 1.90. The molecular formula is C35H67NO5. The van der Waals surface area contributed by atoms with E-state index < -0.39 is 6.10 Å². The first-order valence-electron chi connectivity index (χ1n) is 17.3. The van der Waals surface area contributed by atoms with Gasteiger partial charge in [-0.05, 0) is 39.5 Å². The van der Waals surface area contributed by atoms with Crippen molar-refractivity contribution in [3.8, 4) is 0 Å². The molecule has 0 saturated carbocycles. The van der Waals surface area contributed by atoms with Crippen LogP contribution in [-0.4, -0.2) is 72.2 Å². The van der Waals surface area contributed by atoms with E-state index in [0.717, 1.165) is 44.1 Å². The molecule has 0 fully saturated rings. The second kappa shape index (κ2) is 24.5. The van der Waals surface area contributed by atoms with Gasteiger partial charge in [0.2, 0.25) is 5.91 Å². The highest BCUT2D eigenvalue weighted by Gasteiger charge is 2.34. The Bertz CT molecular complexity index is 665. The molecule has 0 saturated heterocycles. The Morgan fingerprint density at radius 3 is 1.46 bits per heavy atom. The minimum atomic E-state index is -0.399. The zero-order valence-corrected chi connectivity index (χ0v) is 27.5. The van der Waals surface area contributed by atoms with Gasteiger partial charge in [-0.25, -0.2) is 0 Å². The predicted octanol–water partition coefficient (Wildman–Crippen LogP) is 8.13. The van der Waals surface area contributed by atoms with Crippen molar-refractivity contribution in [2.24, 2.45) is 0 Å². The summed E-state index contributed by atoms with van der Waals surface area (Å²) in [4.78, 5) is 14.1. The van der Waals surface area contributed by atoms with Crippen LogP contribution >= 0.6 is 0 Å². The summed E-state index contributed by atoms with van der Waals surface area (Å²) in [6.45, 7) is 8.11. The molecule has 1 aliphatic heterocycles. The van der Waals surface area contributed by atoms with E-state index in [1.165, 1.54) is 96.3 Å². The van der Waals surface area contributed by atoms with Gasteiger partial charge < -0.3 is 24.6 Å².